The van der Waals surface area contributed by atoms with Crippen molar-refractivity contribution in [2.45, 2.75) is 62.7 Å². The van der Waals surface area contributed by atoms with E-state index in [1.807, 2.05) is 0 Å². The molecule has 0 aliphatic rings. The van der Waals surface area contributed by atoms with Crippen LogP contribution in [-0.4, -0.2) is 80.7 Å². The lowest BCUT2D eigenvalue weighted by molar-refractivity contribution is -0.143. The largest absolute Gasteiger partial charge is 0.480 e. The first kappa shape index (κ1) is 30.5. The Labute approximate surface area is 210 Å². The van der Waals surface area contributed by atoms with Gasteiger partial charge in [-0.15, -0.1) is 0 Å². The lowest BCUT2D eigenvalue weighted by Crippen LogP contribution is -2.58. The molecular weight excluding hydrogens is 494 g/mol. The van der Waals surface area contributed by atoms with Crippen molar-refractivity contribution in [1.29, 1.82) is 0 Å². The molecule has 0 saturated carbocycles. The number of aromatic amines is 1. The monoisotopic (exact) mass is 525 g/mol. The Morgan fingerprint density at radius 3 is 1.86 bits per heavy atom. The van der Waals surface area contributed by atoms with Crippen molar-refractivity contribution in [3.63, 3.8) is 0 Å². The number of hydrogen-bond acceptors (Lipinski definition) is 9. The zero-order chi connectivity index (χ0) is 28.1. The number of carbonyl (C=O) groups excluding carboxylic acids is 6. The third kappa shape index (κ3) is 11.6. The molecule has 0 saturated heterocycles. The summed E-state index contributed by atoms with van der Waals surface area (Å²) in [6.45, 7) is 0. The number of carboxylic acid groups (broad SMARTS) is 1. The Kier molecular flexibility index (Phi) is 12.2. The summed E-state index contributed by atoms with van der Waals surface area (Å²) >= 11 is 0. The van der Waals surface area contributed by atoms with Crippen molar-refractivity contribution in [2.24, 2.45) is 22.9 Å². The number of hydrogen-bond donors (Lipinski definition) is 9. The van der Waals surface area contributed by atoms with Crippen LogP contribution in [0.1, 0.15) is 37.8 Å². The number of aliphatic carboxylic acids is 1. The first-order chi connectivity index (χ1) is 17.3. The minimum absolute atomic E-state index is 0.105. The van der Waals surface area contributed by atoms with Crippen molar-refractivity contribution in [1.82, 2.24) is 25.9 Å². The smallest absolute Gasteiger partial charge is 0.326 e. The van der Waals surface area contributed by atoms with Crippen molar-refractivity contribution in [3.8, 4) is 0 Å². The minimum Gasteiger partial charge on any atom is -0.480 e. The van der Waals surface area contributed by atoms with E-state index >= 15 is 0 Å². The molecule has 4 unspecified atom stereocenters. The Bertz CT molecular complexity index is 998. The Morgan fingerprint density at radius 1 is 0.811 bits per heavy atom. The lowest BCUT2D eigenvalue weighted by atomic mass is 10.1. The fourth-order valence-electron chi connectivity index (χ4n) is 3.03. The summed E-state index contributed by atoms with van der Waals surface area (Å²) in [6, 6.07) is -5.65. The second kappa shape index (κ2) is 14.8. The predicted octanol–water partition coefficient (Wildman–Crippen LogP) is -4.78. The maximum absolute atomic E-state index is 13.0. The van der Waals surface area contributed by atoms with Crippen LogP contribution in [0.4, 0.5) is 0 Å². The van der Waals surface area contributed by atoms with Crippen LogP contribution in [0.15, 0.2) is 12.5 Å². The molecule has 204 valence electrons. The summed E-state index contributed by atoms with van der Waals surface area (Å²) < 4.78 is 0. The number of carboxylic acids is 1. The van der Waals surface area contributed by atoms with E-state index in [1.165, 1.54) is 12.5 Å². The third-order valence-corrected chi connectivity index (χ3v) is 4.98. The molecule has 37 heavy (non-hydrogen) atoms. The van der Waals surface area contributed by atoms with Crippen molar-refractivity contribution >= 4 is 41.4 Å². The first-order valence-electron chi connectivity index (χ1n) is 11.0. The topological polar surface area (TPSA) is 309 Å². The van der Waals surface area contributed by atoms with E-state index in [1.54, 1.807) is 0 Å². The number of primary amides is 3. The normalized spacial score (nSPS) is 13.9. The van der Waals surface area contributed by atoms with E-state index in [4.69, 9.17) is 22.9 Å². The molecule has 0 aliphatic heterocycles. The lowest BCUT2D eigenvalue weighted by Gasteiger charge is -2.24. The highest BCUT2D eigenvalue weighted by Gasteiger charge is 2.31. The number of aromatic nitrogens is 2. The van der Waals surface area contributed by atoms with E-state index in [0.717, 1.165) is 0 Å². The summed E-state index contributed by atoms with van der Waals surface area (Å²) in [5, 5.41) is 16.1. The van der Waals surface area contributed by atoms with Gasteiger partial charge in [-0.1, -0.05) is 0 Å². The molecule has 1 aromatic rings. The highest BCUT2D eigenvalue weighted by atomic mass is 16.4. The second-order valence-electron chi connectivity index (χ2n) is 8.09. The SMILES string of the molecule is NC(=O)CCC(N)C(=O)NC(CCC(N)=O)C(=O)NC(Cc1cnc[nH]1)C(=O)NC(CC(N)=O)C(=O)O. The van der Waals surface area contributed by atoms with Crippen LogP contribution in [0.5, 0.6) is 0 Å². The number of rotatable bonds is 17. The average Bonchev–Trinajstić information content (AvgIpc) is 3.31. The highest BCUT2D eigenvalue weighted by Crippen LogP contribution is 2.05. The van der Waals surface area contributed by atoms with Crippen LogP contribution in [0.2, 0.25) is 0 Å². The summed E-state index contributed by atoms with van der Waals surface area (Å²) in [6.07, 6.45) is 0.916. The number of nitrogens with one attached hydrogen (secondary N) is 4. The number of imidazole rings is 1. The average molecular weight is 526 g/mol. The van der Waals surface area contributed by atoms with Gasteiger partial charge in [0.05, 0.1) is 18.8 Å². The van der Waals surface area contributed by atoms with E-state index < -0.39 is 72.0 Å². The maximum Gasteiger partial charge on any atom is 0.326 e. The number of H-pyrrole nitrogens is 1. The number of amides is 6. The Morgan fingerprint density at radius 2 is 1.35 bits per heavy atom. The molecule has 0 radical (unpaired) electrons. The van der Waals surface area contributed by atoms with Gasteiger partial charge in [0, 0.05) is 31.2 Å². The van der Waals surface area contributed by atoms with E-state index in [9.17, 15) is 38.7 Å². The molecule has 1 rings (SSSR count). The van der Waals surface area contributed by atoms with Crippen LogP contribution < -0.4 is 38.9 Å². The molecule has 17 heteroatoms. The molecule has 0 aliphatic carbocycles. The van der Waals surface area contributed by atoms with Gasteiger partial charge >= 0.3 is 5.97 Å². The van der Waals surface area contributed by atoms with E-state index in [0.29, 0.717) is 5.69 Å². The standard InChI is InChI=1S/C20H31N9O8/c21-10(1-3-14(22)30)17(33)27-11(2-4-15(23)31)18(34)28-12(5-9-7-25-8-26-9)19(35)29-13(20(36)37)6-16(24)32/h7-8,10-13H,1-6,21H2,(H2,22,30)(H2,23,31)(H2,24,32)(H,25,26)(H,27,33)(H,28,34)(H,29,35)(H,36,37). The zero-order valence-corrected chi connectivity index (χ0v) is 19.8. The fraction of sp³-hybridized carbons (Fsp3) is 0.500. The fourth-order valence-corrected chi connectivity index (χ4v) is 3.03. The van der Waals surface area contributed by atoms with E-state index in [-0.39, 0.29) is 32.1 Å². The van der Waals surface area contributed by atoms with Gasteiger partial charge in [0.2, 0.25) is 35.4 Å². The molecule has 17 nitrogen and oxygen atoms in total. The quantitative estimate of drug-likeness (QED) is 0.0934. The van der Waals surface area contributed by atoms with Crippen LogP contribution in [-0.2, 0) is 40.0 Å². The molecule has 13 N–H and O–H groups in total. The number of nitrogens with two attached hydrogens (primary N) is 4. The number of nitrogens with zero attached hydrogens (tertiary/aromatic N) is 1. The molecule has 6 amide bonds. The summed E-state index contributed by atoms with van der Waals surface area (Å²) in [5.41, 5.74) is 21.3. The molecule has 4 atom stereocenters. The molecule has 0 aromatic carbocycles. The third-order valence-electron chi connectivity index (χ3n) is 4.98. The number of carbonyl (C=O) groups is 7. The van der Waals surface area contributed by atoms with Gasteiger partial charge in [0.15, 0.2) is 0 Å². The van der Waals surface area contributed by atoms with Crippen LogP contribution in [0.3, 0.4) is 0 Å². The second-order valence-corrected chi connectivity index (χ2v) is 8.09. The summed E-state index contributed by atoms with van der Waals surface area (Å²) in [7, 11) is 0. The Balaban J connectivity index is 3.08. The molecule has 0 fully saturated rings. The van der Waals surface area contributed by atoms with Gasteiger partial charge < -0.3 is 49.0 Å². The first-order valence-corrected chi connectivity index (χ1v) is 11.0. The molecule has 0 bridgehead atoms. The molecule has 0 spiro atoms. The predicted molar refractivity (Wildman–Crippen MR) is 124 cm³/mol. The van der Waals surface area contributed by atoms with Crippen molar-refractivity contribution in [3.05, 3.63) is 18.2 Å². The van der Waals surface area contributed by atoms with Gasteiger partial charge in [-0.25, -0.2) is 9.78 Å². The van der Waals surface area contributed by atoms with Crippen molar-refractivity contribution < 1.29 is 38.7 Å². The van der Waals surface area contributed by atoms with E-state index in [2.05, 4.69) is 25.9 Å². The van der Waals surface area contributed by atoms with Gasteiger partial charge in [0.1, 0.15) is 18.1 Å². The minimum atomic E-state index is -1.67. The summed E-state index contributed by atoms with van der Waals surface area (Å²) in [4.78, 5) is 89.6. The van der Waals surface area contributed by atoms with Gasteiger partial charge in [0.25, 0.3) is 0 Å². The van der Waals surface area contributed by atoms with Gasteiger partial charge in [-0.2, -0.15) is 0 Å². The van der Waals surface area contributed by atoms with Gasteiger partial charge in [-0.05, 0) is 12.8 Å². The summed E-state index contributed by atoms with van der Waals surface area (Å²) in [5.74, 6) is -6.69. The van der Waals surface area contributed by atoms with Crippen LogP contribution in [0, 0.1) is 0 Å². The zero-order valence-electron chi connectivity index (χ0n) is 19.8. The maximum atomic E-state index is 13.0. The van der Waals surface area contributed by atoms with Crippen LogP contribution in [0.25, 0.3) is 0 Å². The molecular formula is C20H31N9O8. The molecule has 1 aromatic heterocycles. The molecule has 1 heterocycles. The Hall–Kier alpha value is -4.54. The van der Waals surface area contributed by atoms with Crippen LogP contribution >= 0.6 is 0 Å². The highest BCUT2D eigenvalue weighted by molar-refractivity contribution is 5.95. The van der Waals surface area contributed by atoms with Crippen molar-refractivity contribution in [2.75, 3.05) is 0 Å². The van der Waals surface area contributed by atoms with Gasteiger partial charge in [-0.3, -0.25) is 28.8 Å².